The highest BCUT2D eigenvalue weighted by molar-refractivity contribution is 6.29. The van der Waals surface area contributed by atoms with Gasteiger partial charge in [0.15, 0.2) is 0 Å². The molecular weight excluding hydrogens is 250 g/mol. The summed E-state index contributed by atoms with van der Waals surface area (Å²) in [5, 5.41) is 3.45. The van der Waals surface area contributed by atoms with Crippen LogP contribution in [0.2, 0.25) is 5.15 Å². The molecule has 0 bridgehead atoms. The van der Waals surface area contributed by atoms with Gasteiger partial charge in [-0.3, -0.25) is 0 Å². The molecule has 1 aromatic carbocycles. The predicted molar refractivity (Wildman–Crippen MR) is 75.5 cm³/mol. The Morgan fingerprint density at radius 3 is 2.67 bits per heavy atom. The summed E-state index contributed by atoms with van der Waals surface area (Å²) in [7, 11) is 3.97. The van der Waals surface area contributed by atoms with Gasteiger partial charge in [-0.15, -0.1) is 0 Å². The fourth-order valence-electron chi connectivity index (χ4n) is 1.51. The number of nitrogen functional groups attached to an aromatic ring is 1. The Morgan fingerprint density at radius 1 is 1.22 bits per heavy atom. The number of hydrogen-bond donors (Lipinski definition) is 2. The summed E-state index contributed by atoms with van der Waals surface area (Å²) in [5.74, 6) is 0.720. The Hall–Kier alpha value is -2.01. The van der Waals surface area contributed by atoms with E-state index >= 15 is 0 Å². The molecule has 94 valence electrons. The lowest BCUT2D eigenvalue weighted by Crippen LogP contribution is -2.08. The molecule has 2 aromatic rings. The second kappa shape index (κ2) is 5.10. The van der Waals surface area contributed by atoms with E-state index in [9.17, 15) is 0 Å². The number of benzene rings is 1. The zero-order chi connectivity index (χ0) is 13.1. The number of anilines is 4. The van der Waals surface area contributed by atoms with Crippen LogP contribution in [-0.2, 0) is 0 Å². The quantitative estimate of drug-likeness (QED) is 0.833. The normalized spacial score (nSPS) is 10.2. The maximum Gasteiger partial charge on any atom is 0.223 e. The number of rotatable bonds is 3. The van der Waals surface area contributed by atoms with E-state index in [2.05, 4.69) is 15.3 Å². The Labute approximate surface area is 111 Å². The van der Waals surface area contributed by atoms with Crippen LogP contribution in [0, 0.1) is 0 Å². The average molecular weight is 264 g/mol. The summed E-state index contributed by atoms with van der Waals surface area (Å²) >= 11 is 5.82. The van der Waals surface area contributed by atoms with Gasteiger partial charge in [0.2, 0.25) is 5.95 Å². The fraction of sp³-hybridized carbons (Fsp3) is 0.167. The molecule has 0 saturated heterocycles. The van der Waals surface area contributed by atoms with Crippen molar-refractivity contribution in [1.82, 2.24) is 9.97 Å². The van der Waals surface area contributed by atoms with Crippen LogP contribution in [-0.4, -0.2) is 24.1 Å². The molecule has 0 saturated carbocycles. The van der Waals surface area contributed by atoms with Gasteiger partial charge >= 0.3 is 0 Å². The van der Waals surface area contributed by atoms with Crippen molar-refractivity contribution in [2.24, 2.45) is 0 Å². The second-order valence-electron chi connectivity index (χ2n) is 4.00. The van der Waals surface area contributed by atoms with Crippen molar-refractivity contribution in [3.8, 4) is 0 Å². The highest BCUT2D eigenvalue weighted by Crippen LogP contribution is 2.22. The molecule has 1 heterocycles. The summed E-state index contributed by atoms with van der Waals surface area (Å²) < 4.78 is 0. The molecule has 0 atom stereocenters. The summed E-state index contributed by atoms with van der Waals surface area (Å²) in [4.78, 5) is 9.89. The smallest absolute Gasteiger partial charge is 0.223 e. The molecule has 18 heavy (non-hydrogen) atoms. The lowest BCUT2D eigenvalue weighted by atomic mass is 10.2. The van der Waals surface area contributed by atoms with E-state index in [1.807, 2.05) is 43.3 Å². The number of hydrogen-bond acceptors (Lipinski definition) is 5. The van der Waals surface area contributed by atoms with Crippen molar-refractivity contribution in [2.75, 3.05) is 30.0 Å². The first-order valence-corrected chi connectivity index (χ1v) is 5.77. The predicted octanol–water partition coefficient (Wildman–Crippen LogP) is 2.52. The van der Waals surface area contributed by atoms with E-state index in [0.29, 0.717) is 11.0 Å². The van der Waals surface area contributed by atoms with E-state index < -0.39 is 0 Å². The number of nitrogens with one attached hydrogen (secondary N) is 1. The lowest BCUT2D eigenvalue weighted by Gasteiger charge is -2.14. The molecule has 6 heteroatoms. The Morgan fingerprint density at radius 2 is 2.00 bits per heavy atom. The van der Waals surface area contributed by atoms with E-state index in [0.717, 1.165) is 11.4 Å². The first-order valence-electron chi connectivity index (χ1n) is 5.39. The minimum absolute atomic E-state index is 0.147. The summed E-state index contributed by atoms with van der Waals surface area (Å²) in [5.41, 5.74) is 7.54. The van der Waals surface area contributed by atoms with Gasteiger partial charge in [0, 0.05) is 31.5 Å². The topological polar surface area (TPSA) is 67.1 Å². The number of nitrogens with two attached hydrogens (primary N) is 1. The molecule has 0 radical (unpaired) electrons. The minimum atomic E-state index is 0.147. The first kappa shape index (κ1) is 12.4. The van der Waals surface area contributed by atoms with Gasteiger partial charge in [-0.05, 0) is 18.2 Å². The molecule has 3 N–H and O–H groups in total. The largest absolute Gasteiger partial charge is 0.378 e. The molecule has 0 fully saturated rings. The van der Waals surface area contributed by atoms with Gasteiger partial charge < -0.3 is 16.0 Å². The number of nitrogens with zero attached hydrogens (tertiary/aromatic N) is 3. The summed E-state index contributed by atoms with van der Waals surface area (Å²) in [6.45, 7) is 0. The average Bonchev–Trinajstić information content (AvgIpc) is 2.27. The minimum Gasteiger partial charge on any atom is -0.378 e. The lowest BCUT2D eigenvalue weighted by molar-refractivity contribution is 1.13. The molecule has 0 unspecified atom stereocenters. The van der Waals surface area contributed by atoms with E-state index in [-0.39, 0.29) is 5.95 Å². The molecule has 0 aliphatic rings. The van der Waals surface area contributed by atoms with Crippen molar-refractivity contribution in [3.05, 3.63) is 35.5 Å². The third kappa shape index (κ3) is 3.01. The molecule has 2 rings (SSSR count). The third-order valence-electron chi connectivity index (χ3n) is 2.35. The maximum absolute atomic E-state index is 5.82. The number of halogens is 1. The zero-order valence-corrected chi connectivity index (χ0v) is 10.9. The van der Waals surface area contributed by atoms with Crippen LogP contribution in [0.1, 0.15) is 0 Å². The highest BCUT2D eigenvalue weighted by Gasteiger charge is 2.02. The van der Waals surface area contributed by atoms with Crippen molar-refractivity contribution in [2.45, 2.75) is 0 Å². The highest BCUT2D eigenvalue weighted by atomic mass is 35.5. The van der Waals surface area contributed by atoms with Gasteiger partial charge in [0.1, 0.15) is 11.0 Å². The van der Waals surface area contributed by atoms with Crippen LogP contribution in [0.5, 0.6) is 0 Å². The van der Waals surface area contributed by atoms with Crippen molar-refractivity contribution < 1.29 is 0 Å². The fourth-order valence-corrected chi connectivity index (χ4v) is 1.70. The standard InChI is InChI=1S/C12H14ClN5/c1-18(2)9-5-3-4-8(6-9)15-11-7-10(13)16-12(14)17-11/h3-7H,1-2H3,(H3,14,15,16,17). The summed E-state index contributed by atoms with van der Waals surface area (Å²) in [6, 6.07) is 9.56. The summed E-state index contributed by atoms with van der Waals surface area (Å²) in [6.07, 6.45) is 0. The monoisotopic (exact) mass is 263 g/mol. The zero-order valence-electron chi connectivity index (χ0n) is 10.2. The van der Waals surface area contributed by atoms with Crippen LogP contribution in [0.25, 0.3) is 0 Å². The van der Waals surface area contributed by atoms with Crippen LogP contribution in [0.4, 0.5) is 23.1 Å². The van der Waals surface area contributed by atoms with Crippen molar-refractivity contribution >= 4 is 34.7 Å². The van der Waals surface area contributed by atoms with E-state index in [4.69, 9.17) is 17.3 Å². The van der Waals surface area contributed by atoms with Crippen LogP contribution < -0.4 is 16.0 Å². The van der Waals surface area contributed by atoms with Gasteiger partial charge in [0.05, 0.1) is 0 Å². The maximum atomic E-state index is 5.82. The van der Waals surface area contributed by atoms with Crippen LogP contribution in [0.15, 0.2) is 30.3 Å². The SMILES string of the molecule is CN(C)c1cccc(Nc2cc(Cl)nc(N)n2)c1. The molecule has 0 spiro atoms. The van der Waals surface area contributed by atoms with Crippen molar-refractivity contribution in [1.29, 1.82) is 0 Å². The Bertz CT molecular complexity index is 536. The van der Waals surface area contributed by atoms with E-state index in [1.54, 1.807) is 6.07 Å². The molecule has 1 aromatic heterocycles. The molecular formula is C12H14ClN5. The van der Waals surface area contributed by atoms with Crippen molar-refractivity contribution in [3.63, 3.8) is 0 Å². The second-order valence-corrected chi connectivity index (χ2v) is 4.39. The molecule has 0 amide bonds. The Kier molecular flexibility index (Phi) is 3.53. The van der Waals surface area contributed by atoms with Gasteiger partial charge in [-0.25, -0.2) is 4.98 Å². The van der Waals surface area contributed by atoms with Gasteiger partial charge in [-0.2, -0.15) is 4.98 Å². The molecule has 0 aliphatic heterocycles. The molecule has 0 aliphatic carbocycles. The third-order valence-corrected chi connectivity index (χ3v) is 2.54. The number of aromatic nitrogens is 2. The van der Waals surface area contributed by atoms with Crippen LogP contribution in [0.3, 0.4) is 0 Å². The Balaban J connectivity index is 2.25. The van der Waals surface area contributed by atoms with Crippen LogP contribution >= 0.6 is 11.6 Å². The first-order chi connectivity index (χ1) is 8.54. The van der Waals surface area contributed by atoms with Gasteiger partial charge in [-0.1, -0.05) is 17.7 Å². The van der Waals surface area contributed by atoms with Gasteiger partial charge in [0.25, 0.3) is 0 Å². The molecule has 5 nitrogen and oxygen atoms in total. The van der Waals surface area contributed by atoms with E-state index in [1.165, 1.54) is 0 Å².